The molecule has 3 atom stereocenters. The van der Waals surface area contributed by atoms with Crippen LogP contribution < -0.4 is 0 Å². The highest BCUT2D eigenvalue weighted by Gasteiger charge is 2.46. The molecule has 7 heteroatoms. The Kier molecular flexibility index (Phi) is 6.12. The third kappa shape index (κ3) is 3.72. The van der Waals surface area contributed by atoms with Gasteiger partial charge in [-0.2, -0.15) is 0 Å². The number of nitrogens with zero attached hydrogens (tertiary/aromatic N) is 1. The molecule has 0 aromatic heterocycles. The fraction of sp³-hybridized carbons (Fsp3) is 0.857. The van der Waals surface area contributed by atoms with E-state index in [9.17, 15) is 24.9 Å². The van der Waals surface area contributed by atoms with Gasteiger partial charge in [-0.1, -0.05) is 13.8 Å². The minimum atomic E-state index is -2.52. The first-order chi connectivity index (χ1) is 9.77. The first-order valence-corrected chi connectivity index (χ1v) is 7.28. The van der Waals surface area contributed by atoms with Crippen LogP contribution >= 0.6 is 0 Å². The molecule has 1 saturated heterocycles. The van der Waals surface area contributed by atoms with Gasteiger partial charge in [0.05, 0.1) is 7.11 Å². The monoisotopic (exact) mass is 303 g/mol. The largest absolute Gasteiger partial charge is 0.467 e. The number of methoxy groups -OCH3 is 1. The smallest absolute Gasteiger partial charge is 0.328 e. The van der Waals surface area contributed by atoms with Crippen LogP contribution in [0.5, 0.6) is 0 Å². The molecule has 1 aliphatic rings. The fourth-order valence-electron chi connectivity index (χ4n) is 2.49. The number of hydrogen-bond acceptors (Lipinski definition) is 6. The van der Waals surface area contributed by atoms with Crippen LogP contribution in [-0.2, 0) is 14.3 Å². The normalized spacial score (nSPS) is 22.6. The SMILES string of the molecule is CC[C@@H](C)C(O)(O)C(O)C(=O)N1CCCC[C@H]1C(=O)OC. The van der Waals surface area contributed by atoms with Crippen LogP contribution in [0.15, 0.2) is 0 Å². The molecule has 1 fully saturated rings. The Morgan fingerprint density at radius 1 is 1.38 bits per heavy atom. The third-order valence-corrected chi connectivity index (χ3v) is 4.23. The topological polar surface area (TPSA) is 107 Å². The van der Waals surface area contributed by atoms with Crippen molar-refractivity contribution in [3.8, 4) is 0 Å². The quantitative estimate of drug-likeness (QED) is 0.472. The van der Waals surface area contributed by atoms with Gasteiger partial charge in [-0.3, -0.25) is 4.79 Å². The molecule has 0 aromatic carbocycles. The molecule has 0 radical (unpaired) electrons. The standard InChI is InChI=1S/C14H25NO6/c1-4-9(2)14(19,20)11(16)12(17)15-8-6-5-7-10(15)13(18)21-3/h9-11,16,19-20H,4-8H2,1-3H3/t9-,10+,11?/m1/s1. The van der Waals surface area contributed by atoms with E-state index in [-0.39, 0.29) is 6.54 Å². The number of carbonyl (C=O) groups excluding carboxylic acids is 2. The highest BCUT2D eigenvalue weighted by Crippen LogP contribution is 2.26. The van der Waals surface area contributed by atoms with Gasteiger partial charge in [0.2, 0.25) is 5.79 Å². The number of esters is 1. The van der Waals surface area contributed by atoms with Crippen molar-refractivity contribution < 1.29 is 29.6 Å². The average molecular weight is 303 g/mol. The molecule has 1 rings (SSSR count). The predicted octanol–water partition coefficient (Wildman–Crippen LogP) is -0.372. The van der Waals surface area contributed by atoms with Gasteiger partial charge in [-0.25, -0.2) is 4.79 Å². The van der Waals surface area contributed by atoms with Crippen molar-refractivity contribution in [3.63, 3.8) is 0 Å². The van der Waals surface area contributed by atoms with E-state index in [1.54, 1.807) is 6.92 Å². The molecule has 0 bridgehead atoms. The summed E-state index contributed by atoms with van der Waals surface area (Å²) >= 11 is 0. The lowest BCUT2D eigenvalue weighted by molar-refractivity contribution is -0.253. The maximum absolute atomic E-state index is 12.3. The van der Waals surface area contributed by atoms with Crippen LogP contribution in [0.3, 0.4) is 0 Å². The molecule has 0 spiro atoms. The lowest BCUT2D eigenvalue weighted by Crippen LogP contribution is -2.59. The van der Waals surface area contributed by atoms with Crippen LogP contribution in [-0.4, -0.2) is 63.7 Å². The number of ether oxygens (including phenoxy) is 1. The van der Waals surface area contributed by atoms with Crippen molar-refractivity contribution in [2.45, 2.75) is 57.5 Å². The minimum absolute atomic E-state index is 0.284. The van der Waals surface area contributed by atoms with Crippen LogP contribution in [0.2, 0.25) is 0 Å². The maximum atomic E-state index is 12.3. The van der Waals surface area contributed by atoms with Gasteiger partial charge in [0.25, 0.3) is 5.91 Å². The van der Waals surface area contributed by atoms with Crippen LogP contribution in [0.4, 0.5) is 0 Å². The van der Waals surface area contributed by atoms with Gasteiger partial charge in [-0.05, 0) is 25.7 Å². The highest BCUT2D eigenvalue weighted by atomic mass is 16.5. The van der Waals surface area contributed by atoms with Crippen molar-refractivity contribution in [1.82, 2.24) is 4.90 Å². The Morgan fingerprint density at radius 2 is 2.00 bits per heavy atom. The van der Waals surface area contributed by atoms with Crippen LogP contribution in [0.25, 0.3) is 0 Å². The molecule has 0 aromatic rings. The fourth-order valence-corrected chi connectivity index (χ4v) is 2.49. The second kappa shape index (κ2) is 7.20. The number of aliphatic hydroxyl groups is 3. The zero-order valence-corrected chi connectivity index (χ0v) is 12.8. The molecule has 0 saturated carbocycles. The van der Waals surface area contributed by atoms with Gasteiger partial charge >= 0.3 is 5.97 Å². The van der Waals surface area contributed by atoms with E-state index in [0.29, 0.717) is 19.3 Å². The molecule has 1 heterocycles. The van der Waals surface area contributed by atoms with Gasteiger partial charge < -0.3 is 25.0 Å². The Balaban J connectivity index is 2.91. The number of piperidine rings is 1. The number of rotatable bonds is 5. The second-order valence-corrected chi connectivity index (χ2v) is 5.56. The van der Waals surface area contributed by atoms with Gasteiger partial charge in [-0.15, -0.1) is 0 Å². The first-order valence-electron chi connectivity index (χ1n) is 7.28. The van der Waals surface area contributed by atoms with Crippen LogP contribution in [0.1, 0.15) is 39.5 Å². The van der Waals surface area contributed by atoms with E-state index < -0.39 is 35.7 Å². The van der Waals surface area contributed by atoms with E-state index in [1.807, 2.05) is 0 Å². The molecule has 21 heavy (non-hydrogen) atoms. The number of amides is 1. The minimum Gasteiger partial charge on any atom is -0.467 e. The molecular weight excluding hydrogens is 278 g/mol. The summed E-state index contributed by atoms with van der Waals surface area (Å²) in [7, 11) is 1.23. The first kappa shape index (κ1) is 17.9. The van der Waals surface area contributed by atoms with Gasteiger partial charge in [0, 0.05) is 12.5 Å². The summed E-state index contributed by atoms with van der Waals surface area (Å²) in [6.07, 6.45) is 0.307. The zero-order valence-electron chi connectivity index (χ0n) is 12.8. The molecule has 0 aliphatic carbocycles. The Bertz CT molecular complexity index is 384. The van der Waals surface area contributed by atoms with Crippen molar-refractivity contribution in [2.24, 2.45) is 5.92 Å². The molecule has 3 N–H and O–H groups in total. The average Bonchev–Trinajstić information content (AvgIpc) is 2.51. The van der Waals surface area contributed by atoms with E-state index in [2.05, 4.69) is 4.74 Å². The number of aliphatic hydroxyl groups excluding tert-OH is 1. The summed E-state index contributed by atoms with van der Waals surface area (Å²) in [5.41, 5.74) is 0. The van der Waals surface area contributed by atoms with Gasteiger partial charge in [0.1, 0.15) is 6.04 Å². The van der Waals surface area contributed by atoms with Crippen molar-refractivity contribution in [3.05, 3.63) is 0 Å². The lowest BCUT2D eigenvalue weighted by atomic mass is 9.91. The summed E-state index contributed by atoms with van der Waals surface area (Å²) < 4.78 is 4.66. The number of carbonyl (C=O) groups is 2. The predicted molar refractivity (Wildman–Crippen MR) is 74.0 cm³/mol. The number of likely N-dealkylation sites (tertiary alicyclic amines) is 1. The van der Waals surface area contributed by atoms with Crippen molar-refractivity contribution in [1.29, 1.82) is 0 Å². The zero-order chi connectivity index (χ0) is 16.2. The summed E-state index contributed by atoms with van der Waals surface area (Å²) in [4.78, 5) is 25.2. The van der Waals surface area contributed by atoms with E-state index >= 15 is 0 Å². The molecule has 7 nitrogen and oxygen atoms in total. The third-order valence-electron chi connectivity index (χ3n) is 4.23. The van der Waals surface area contributed by atoms with Crippen LogP contribution in [0, 0.1) is 5.92 Å². The van der Waals surface area contributed by atoms with E-state index in [0.717, 1.165) is 6.42 Å². The highest BCUT2D eigenvalue weighted by molar-refractivity contribution is 5.87. The second-order valence-electron chi connectivity index (χ2n) is 5.56. The maximum Gasteiger partial charge on any atom is 0.328 e. The summed E-state index contributed by atoms with van der Waals surface area (Å²) in [6, 6.07) is -0.779. The summed E-state index contributed by atoms with van der Waals surface area (Å²) in [5.74, 6) is -4.61. The van der Waals surface area contributed by atoms with E-state index in [1.165, 1.54) is 18.9 Å². The number of hydrogen-bond donors (Lipinski definition) is 3. The summed E-state index contributed by atoms with van der Waals surface area (Å²) in [6.45, 7) is 3.54. The Hall–Kier alpha value is -1.18. The van der Waals surface area contributed by atoms with Crippen molar-refractivity contribution in [2.75, 3.05) is 13.7 Å². The van der Waals surface area contributed by atoms with Crippen molar-refractivity contribution >= 4 is 11.9 Å². The van der Waals surface area contributed by atoms with E-state index in [4.69, 9.17) is 0 Å². The lowest BCUT2D eigenvalue weighted by Gasteiger charge is -2.39. The molecule has 1 aliphatic heterocycles. The Labute approximate surface area is 124 Å². The molecular formula is C14H25NO6. The summed E-state index contributed by atoms with van der Waals surface area (Å²) in [5, 5.41) is 30.0. The Morgan fingerprint density at radius 3 is 2.52 bits per heavy atom. The molecule has 122 valence electrons. The molecule has 1 unspecified atom stereocenters. The molecule has 1 amide bonds. The van der Waals surface area contributed by atoms with Gasteiger partial charge in [0.15, 0.2) is 6.10 Å².